The van der Waals surface area contributed by atoms with Gasteiger partial charge in [-0.1, -0.05) is 0 Å². The predicted molar refractivity (Wildman–Crippen MR) is 107 cm³/mol. The molecular formula is C21H20FNO5S. The van der Waals surface area contributed by atoms with Crippen LogP contribution in [0.3, 0.4) is 0 Å². The number of ether oxygens (including phenoxy) is 2. The highest BCUT2D eigenvalue weighted by molar-refractivity contribution is 7.89. The SMILES string of the molecule is COc1cc2c(cc1OC)C(=O)C(Cc1cc3cc(F)ccc3n1S(C)(=O)=O)C2. The molecule has 1 aromatic heterocycles. The van der Waals surface area contributed by atoms with Gasteiger partial charge in [0.2, 0.25) is 10.0 Å². The number of nitrogens with zero attached hydrogens (tertiary/aromatic N) is 1. The zero-order chi connectivity index (χ0) is 20.9. The number of methoxy groups -OCH3 is 2. The summed E-state index contributed by atoms with van der Waals surface area (Å²) < 4.78 is 50.2. The Morgan fingerprint density at radius 1 is 1.10 bits per heavy atom. The van der Waals surface area contributed by atoms with Crippen LogP contribution in [-0.4, -0.2) is 38.6 Å². The Labute approximate surface area is 167 Å². The number of fused-ring (bicyclic) bond motifs is 2. The molecule has 2 aromatic carbocycles. The number of aromatic nitrogens is 1. The molecule has 1 aliphatic rings. The molecule has 29 heavy (non-hydrogen) atoms. The lowest BCUT2D eigenvalue weighted by molar-refractivity contribution is 0.0935. The molecule has 0 aliphatic heterocycles. The van der Waals surface area contributed by atoms with Crippen LogP contribution in [0.25, 0.3) is 10.9 Å². The van der Waals surface area contributed by atoms with E-state index in [2.05, 4.69) is 0 Å². The maximum Gasteiger partial charge on any atom is 0.236 e. The molecule has 3 aromatic rings. The number of carbonyl (C=O) groups excluding carboxylic acids is 1. The van der Waals surface area contributed by atoms with Gasteiger partial charge in [0.25, 0.3) is 0 Å². The Kier molecular flexibility index (Phi) is 4.61. The quantitative estimate of drug-likeness (QED) is 0.637. The Hall–Kier alpha value is -2.87. The van der Waals surface area contributed by atoms with Gasteiger partial charge in [0.1, 0.15) is 5.82 Å². The minimum atomic E-state index is -3.63. The summed E-state index contributed by atoms with van der Waals surface area (Å²) >= 11 is 0. The molecular weight excluding hydrogens is 397 g/mol. The third-order valence-electron chi connectivity index (χ3n) is 5.29. The van der Waals surface area contributed by atoms with Crippen molar-refractivity contribution in [2.24, 2.45) is 5.92 Å². The predicted octanol–water partition coefficient (Wildman–Crippen LogP) is 3.20. The van der Waals surface area contributed by atoms with Crippen molar-refractivity contribution in [2.45, 2.75) is 12.8 Å². The topological polar surface area (TPSA) is 74.6 Å². The van der Waals surface area contributed by atoms with Crippen molar-refractivity contribution in [2.75, 3.05) is 20.5 Å². The Bertz CT molecular complexity index is 1250. The number of rotatable bonds is 5. The highest BCUT2D eigenvalue weighted by atomic mass is 32.2. The average Bonchev–Trinajstić information content (AvgIpc) is 3.17. The lowest BCUT2D eigenvalue weighted by Crippen LogP contribution is -2.18. The molecule has 6 nitrogen and oxygen atoms in total. The summed E-state index contributed by atoms with van der Waals surface area (Å²) in [5.74, 6) is 0.0774. The molecule has 152 valence electrons. The first-order valence-electron chi connectivity index (χ1n) is 9.02. The second kappa shape index (κ2) is 6.88. The molecule has 0 N–H and O–H groups in total. The van der Waals surface area contributed by atoms with Crippen LogP contribution in [0.15, 0.2) is 36.4 Å². The van der Waals surface area contributed by atoms with E-state index in [-0.39, 0.29) is 12.2 Å². The summed E-state index contributed by atoms with van der Waals surface area (Å²) in [6.45, 7) is 0. The normalized spacial score (nSPS) is 16.3. The standard InChI is InChI=1S/C21H20FNO5S/c1-27-19-10-12-6-14(21(24)17(12)11-20(19)28-2)9-16-8-13-7-15(22)4-5-18(13)23(16)29(3,25)26/h4-5,7-8,10-11,14H,6,9H2,1-3H3. The zero-order valence-corrected chi connectivity index (χ0v) is 17.0. The lowest BCUT2D eigenvalue weighted by atomic mass is 9.99. The zero-order valence-electron chi connectivity index (χ0n) is 16.2. The van der Waals surface area contributed by atoms with Gasteiger partial charge in [0.15, 0.2) is 17.3 Å². The highest BCUT2D eigenvalue weighted by Crippen LogP contribution is 2.38. The number of benzene rings is 2. The van der Waals surface area contributed by atoms with Crippen LogP contribution in [0.5, 0.6) is 11.5 Å². The molecule has 8 heteroatoms. The summed E-state index contributed by atoms with van der Waals surface area (Å²) in [5.41, 5.74) is 2.25. The Morgan fingerprint density at radius 3 is 2.45 bits per heavy atom. The minimum absolute atomic E-state index is 0.0718. The molecule has 0 fully saturated rings. The highest BCUT2D eigenvalue weighted by Gasteiger charge is 2.33. The summed E-state index contributed by atoms with van der Waals surface area (Å²) in [7, 11) is -0.600. The van der Waals surface area contributed by atoms with E-state index in [1.54, 1.807) is 18.2 Å². The van der Waals surface area contributed by atoms with Crippen LogP contribution < -0.4 is 9.47 Å². The number of carbonyl (C=O) groups is 1. The van der Waals surface area contributed by atoms with E-state index in [0.29, 0.717) is 40.1 Å². The molecule has 0 spiro atoms. The van der Waals surface area contributed by atoms with E-state index in [1.165, 1.54) is 36.4 Å². The summed E-state index contributed by atoms with van der Waals surface area (Å²) in [6.07, 6.45) is 1.79. The molecule has 0 bridgehead atoms. The van der Waals surface area contributed by atoms with E-state index in [9.17, 15) is 17.6 Å². The average molecular weight is 417 g/mol. The number of hydrogen-bond acceptors (Lipinski definition) is 5. The van der Waals surface area contributed by atoms with Crippen LogP contribution in [-0.2, 0) is 22.9 Å². The monoisotopic (exact) mass is 417 g/mol. The number of halogens is 1. The molecule has 4 rings (SSSR count). The van der Waals surface area contributed by atoms with Crippen molar-refractivity contribution in [3.63, 3.8) is 0 Å². The van der Waals surface area contributed by atoms with Gasteiger partial charge >= 0.3 is 0 Å². The molecule has 0 amide bonds. The van der Waals surface area contributed by atoms with Crippen LogP contribution in [0.4, 0.5) is 4.39 Å². The van der Waals surface area contributed by atoms with Crippen molar-refractivity contribution < 1.29 is 27.1 Å². The fourth-order valence-corrected chi connectivity index (χ4v) is 5.14. The van der Waals surface area contributed by atoms with Crippen molar-refractivity contribution >= 4 is 26.7 Å². The second-order valence-corrected chi connectivity index (χ2v) is 9.03. The van der Waals surface area contributed by atoms with E-state index < -0.39 is 21.8 Å². The summed E-state index contributed by atoms with van der Waals surface area (Å²) in [4.78, 5) is 13.0. The smallest absolute Gasteiger partial charge is 0.236 e. The molecule has 0 saturated heterocycles. The van der Waals surface area contributed by atoms with Gasteiger partial charge in [-0.05, 0) is 54.8 Å². The Balaban J connectivity index is 1.75. The third kappa shape index (κ3) is 3.27. The van der Waals surface area contributed by atoms with Crippen LogP contribution in [0.1, 0.15) is 21.6 Å². The van der Waals surface area contributed by atoms with Crippen LogP contribution >= 0.6 is 0 Å². The first-order chi connectivity index (χ1) is 13.7. The molecule has 1 heterocycles. The fraction of sp³-hybridized carbons (Fsp3) is 0.286. The van der Waals surface area contributed by atoms with E-state index >= 15 is 0 Å². The van der Waals surface area contributed by atoms with E-state index in [4.69, 9.17) is 9.47 Å². The summed E-state index contributed by atoms with van der Waals surface area (Å²) in [6, 6.07) is 9.04. The first-order valence-corrected chi connectivity index (χ1v) is 10.9. The van der Waals surface area contributed by atoms with Gasteiger partial charge in [0, 0.05) is 22.6 Å². The molecule has 0 saturated carbocycles. The fourth-order valence-electron chi connectivity index (χ4n) is 4.07. The minimum Gasteiger partial charge on any atom is -0.493 e. The molecule has 1 aliphatic carbocycles. The van der Waals surface area contributed by atoms with Gasteiger partial charge in [-0.25, -0.2) is 16.8 Å². The van der Waals surface area contributed by atoms with E-state index in [1.807, 2.05) is 0 Å². The number of ketones is 1. The van der Waals surface area contributed by atoms with Crippen LogP contribution in [0, 0.1) is 11.7 Å². The summed E-state index contributed by atoms with van der Waals surface area (Å²) in [5, 5.41) is 0.483. The van der Waals surface area contributed by atoms with Gasteiger partial charge in [-0.3, -0.25) is 4.79 Å². The molecule has 1 unspecified atom stereocenters. The second-order valence-electron chi connectivity index (χ2n) is 7.20. The molecule has 1 atom stereocenters. The van der Waals surface area contributed by atoms with Gasteiger partial charge < -0.3 is 9.47 Å². The molecule has 0 radical (unpaired) electrons. The third-order valence-corrected chi connectivity index (χ3v) is 6.38. The number of hydrogen-bond donors (Lipinski definition) is 0. The van der Waals surface area contributed by atoms with Crippen LogP contribution in [0.2, 0.25) is 0 Å². The van der Waals surface area contributed by atoms with Gasteiger partial charge in [-0.15, -0.1) is 0 Å². The lowest BCUT2D eigenvalue weighted by Gasteiger charge is -2.11. The van der Waals surface area contributed by atoms with Crippen molar-refractivity contribution in [1.29, 1.82) is 0 Å². The van der Waals surface area contributed by atoms with Crippen molar-refractivity contribution in [3.05, 3.63) is 59.0 Å². The maximum absolute atomic E-state index is 13.6. The Morgan fingerprint density at radius 2 is 1.79 bits per heavy atom. The number of Topliss-reactive ketones (excluding diaryl/α,β-unsaturated/α-hetero) is 1. The first kappa shape index (κ1) is 19.4. The van der Waals surface area contributed by atoms with Crippen molar-refractivity contribution in [1.82, 2.24) is 3.97 Å². The largest absolute Gasteiger partial charge is 0.493 e. The van der Waals surface area contributed by atoms with Gasteiger partial charge in [0.05, 0.1) is 26.0 Å². The van der Waals surface area contributed by atoms with Crippen molar-refractivity contribution in [3.8, 4) is 11.5 Å². The van der Waals surface area contributed by atoms with Gasteiger partial charge in [-0.2, -0.15) is 0 Å². The maximum atomic E-state index is 13.6. The van der Waals surface area contributed by atoms with E-state index in [0.717, 1.165) is 11.8 Å².